The predicted molar refractivity (Wildman–Crippen MR) is 91.5 cm³/mol. The first-order valence-electron chi connectivity index (χ1n) is 8.47. The third kappa shape index (κ3) is 3.73. The zero-order valence-electron chi connectivity index (χ0n) is 14.7. The van der Waals surface area contributed by atoms with Crippen LogP contribution in [0.25, 0.3) is 0 Å². The van der Waals surface area contributed by atoms with Gasteiger partial charge in [-0.1, -0.05) is 17.3 Å². The van der Waals surface area contributed by atoms with Crippen LogP contribution in [0.2, 0.25) is 0 Å². The van der Waals surface area contributed by atoms with Crippen LogP contribution >= 0.6 is 0 Å². The Morgan fingerprint density at radius 1 is 1.36 bits per heavy atom. The smallest absolute Gasteiger partial charge is 0.263 e. The summed E-state index contributed by atoms with van der Waals surface area (Å²) in [5.74, 6) is 1.13. The maximum atomic E-state index is 12.8. The number of amides is 1. The van der Waals surface area contributed by atoms with Crippen LogP contribution in [0, 0.1) is 6.92 Å². The van der Waals surface area contributed by atoms with Crippen molar-refractivity contribution in [1.82, 2.24) is 10.1 Å². The maximum Gasteiger partial charge on any atom is 0.263 e. The Morgan fingerprint density at radius 3 is 2.84 bits per heavy atom. The molecule has 0 aliphatic carbocycles. The Labute approximate surface area is 146 Å². The summed E-state index contributed by atoms with van der Waals surface area (Å²) >= 11 is 0. The van der Waals surface area contributed by atoms with Gasteiger partial charge in [-0.25, -0.2) is 0 Å². The van der Waals surface area contributed by atoms with Crippen LogP contribution < -0.4 is 4.74 Å². The summed E-state index contributed by atoms with van der Waals surface area (Å²) in [4.78, 5) is 26.1. The molecular formula is C19H22N2O4. The Hall–Kier alpha value is -2.63. The average molecular weight is 342 g/mol. The molecule has 1 fully saturated rings. The highest BCUT2D eigenvalue weighted by molar-refractivity contribution is 5.94. The molecule has 1 aliphatic heterocycles. The van der Waals surface area contributed by atoms with Gasteiger partial charge in [-0.05, 0) is 45.7 Å². The Bertz CT molecular complexity index is 783. The first kappa shape index (κ1) is 17.2. The number of Topliss-reactive ketones (excluding diaryl/α,β-unsaturated/α-hetero) is 1. The Kier molecular flexibility index (Phi) is 4.88. The van der Waals surface area contributed by atoms with Gasteiger partial charge >= 0.3 is 0 Å². The molecule has 1 aliphatic rings. The van der Waals surface area contributed by atoms with Crippen LogP contribution in [0.15, 0.2) is 34.9 Å². The fourth-order valence-corrected chi connectivity index (χ4v) is 3.16. The van der Waals surface area contributed by atoms with Crippen LogP contribution in [0.5, 0.6) is 5.75 Å². The first-order chi connectivity index (χ1) is 12.0. The van der Waals surface area contributed by atoms with Gasteiger partial charge in [0.25, 0.3) is 5.91 Å². The van der Waals surface area contributed by atoms with Gasteiger partial charge in [0.15, 0.2) is 11.9 Å². The lowest BCUT2D eigenvalue weighted by atomic mass is 10.1. The lowest BCUT2D eigenvalue weighted by Crippen LogP contribution is -2.40. The summed E-state index contributed by atoms with van der Waals surface area (Å²) in [5.41, 5.74) is 1.35. The molecule has 1 amide bonds. The van der Waals surface area contributed by atoms with Crippen molar-refractivity contribution in [1.29, 1.82) is 0 Å². The maximum absolute atomic E-state index is 12.8. The summed E-state index contributed by atoms with van der Waals surface area (Å²) in [6, 6.07) is 8.69. The number of ether oxygens (including phenoxy) is 1. The zero-order chi connectivity index (χ0) is 18.0. The number of rotatable bonds is 5. The molecular weight excluding hydrogens is 320 g/mol. The molecule has 1 aromatic carbocycles. The molecule has 1 saturated heterocycles. The van der Waals surface area contributed by atoms with E-state index < -0.39 is 6.10 Å². The highest BCUT2D eigenvalue weighted by Gasteiger charge is 2.34. The van der Waals surface area contributed by atoms with Crippen molar-refractivity contribution < 1.29 is 18.8 Å². The van der Waals surface area contributed by atoms with Gasteiger partial charge in [0.2, 0.25) is 0 Å². The topological polar surface area (TPSA) is 72.6 Å². The molecule has 25 heavy (non-hydrogen) atoms. The van der Waals surface area contributed by atoms with Crippen LogP contribution in [0.4, 0.5) is 0 Å². The molecule has 0 saturated carbocycles. The molecule has 2 atom stereocenters. The minimum absolute atomic E-state index is 0.0366. The van der Waals surface area contributed by atoms with E-state index >= 15 is 0 Å². The van der Waals surface area contributed by atoms with Gasteiger partial charge in [-0.2, -0.15) is 0 Å². The third-order valence-electron chi connectivity index (χ3n) is 4.42. The number of aryl methyl sites for hydroxylation is 1. The second kappa shape index (κ2) is 7.09. The molecule has 0 bridgehead atoms. The molecule has 132 valence electrons. The molecule has 3 rings (SSSR count). The average Bonchev–Trinajstić information content (AvgIpc) is 3.22. The molecule has 6 heteroatoms. The van der Waals surface area contributed by atoms with E-state index in [2.05, 4.69) is 5.16 Å². The zero-order valence-corrected chi connectivity index (χ0v) is 14.7. The largest absolute Gasteiger partial charge is 0.481 e. The number of nitrogens with zero attached hydrogens (tertiary/aromatic N) is 2. The quantitative estimate of drug-likeness (QED) is 0.780. The van der Waals surface area contributed by atoms with Crippen molar-refractivity contribution in [3.8, 4) is 5.75 Å². The van der Waals surface area contributed by atoms with E-state index in [1.165, 1.54) is 6.92 Å². The van der Waals surface area contributed by atoms with E-state index in [0.29, 0.717) is 17.9 Å². The second-order valence-electron chi connectivity index (χ2n) is 6.40. The van der Waals surface area contributed by atoms with Crippen molar-refractivity contribution in [2.75, 3.05) is 6.54 Å². The number of aromatic nitrogens is 1. The fraction of sp³-hybridized carbons (Fsp3) is 0.421. The molecule has 0 spiro atoms. The van der Waals surface area contributed by atoms with Crippen LogP contribution in [-0.2, 0) is 4.79 Å². The fourth-order valence-electron chi connectivity index (χ4n) is 3.16. The highest BCUT2D eigenvalue weighted by atomic mass is 16.5. The van der Waals surface area contributed by atoms with Crippen molar-refractivity contribution in [3.63, 3.8) is 0 Å². The van der Waals surface area contributed by atoms with Crippen molar-refractivity contribution >= 4 is 11.7 Å². The number of ketones is 1. The van der Waals surface area contributed by atoms with E-state index in [4.69, 9.17) is 9.26 Å². The molecule has 0 radical (unpaired) electrons. The molecule has 2 heterocycles. The van der Waals surface area contributed by atoms with Gasteiger partial charge in [-0.3, -0.25) is 9.59 Å². The Balaban J connectivity index is 1.71. The van der Waals surface area contributed by atoms with E-state index in [1.54, 1.807) is 36.1 Å². The minimum atomic E-state index is -0.643. The molecule has 1 aromatic heterocycles. The number of benzene rings is 1. The molecule has 0 unspecified atom stereocenters. The van der Waals surface area contributed by atoms with Crippen molar-refractivity contribution in [2.24, 2.45) is 0 Å². The van der Waals surface area contributed by atoms with Crippen LogP contribution in [-0.4, -0.2) is 34.4 Å². The van der Waals surface area contributed by atoms with E-state index in [1.807, 2.05) is 13.0 Å². The summed E-state index contributed by atoms with van der Waals surface area (Å²) < 4.78 is 10.9. The summed E-state index contributed by atoms with van der Waals surface area (Å²) in [7, 11) is 0. The lowest BCUT2D eigenvalue weighted by Gasteiger charge is -2.26. The van der Waals surface area contributed by atoms with Gasteiger partial charge in [-0.15, -0.1) is 0 Å². The molecule has 0 N–H and O–H groups in total. The number of carbonyl (C=O) groups is 2. The second-order valence-corrected chi connectivity index (χ2v) is 6.40. The normalized spacial score (nSPS) is 18.2. The number of hydrogen-bond donors (Lipinski definition) is 0. The van der Waals surface area contributed by atoms with Crippen LogP contribution in [0.3, 0.4) is 0 Å². The minimum Gasteiger partial charge on any atom is -0.481 e. The summed E-state index contributed by atoms with van der Waals surface area (Å²) in [6.07, 6.45) is 1.15. The van der Waals surface area contributed by atoms with E-state index in [-0.39, 0.29) is 17.7 Å². The highest BCUT2D eigenvalue weighted by Crippen LogP contribution is 2.32. The van der Waals surface area contributed by atoms with Crippen molar-refractivity contribution in [3.05, 3.63) is 47.3 Å². The van der Waals surface area contributed by atoms with Crippen LogP contribution in [0.1, 0.15) is 54.5 Å². The van der Waals surface area contributed by atoms with Gasteiger partial charge < -0.3 is 14.2 Å². The number of hydrogen-bond acceptors (Lipinski definition) is 5. The van der Waals surface area contributed by atoms with E-state index in [0.717, 1.165) is 24.3 Å². The standard InChI is InChI=1S/C19H22N2O4/c1-12-10-17(20-25-12)18-8-5-9-21(18)19(23)14(3)24-16-7-4-6-15(11-16)13(2)22/h4,6-7,10-11,14,18H,5,8-9H2,1-3H3/t14-,18-/m0/s1. The van der Waals surface area contributed by atoms with Gasteiger partial charge in [0.1, 0.15) is 17.2 Å². The lowest BCUT2D eigenvalue weighted by molar-refractivity contribution is -0.139. The number of carbonyl (C=O) groups excluding carboxylic acids is 2. The predicted octanol–water partition coefficient (Wildman–Crippen LogP) is 3.32. The summed E-state index contributed by atoms with van der Waals surface area (Å²) in [5, 5.41) is 4.06. The van der Waals surface area contributed by atoms with Crippen molar-refractivity contribution in [2.45, 2.75) is 45.8 Å². The first-order valence-corrected chi connectivity index (χ1v) is 8.47. The monoisotopic (exact) mass is 342 g/mol. The molecule has 6 nitrogen and oxygen atoms in total. The SMILES string of the molecule is CC(=O)c1cccc(O[C@@H](C)C(=O)N2CCC[C@H]2c2cc(C)on2)c1. The van der Waals surface area contributed by atoms with Gasteiger partial charge in [0.05, 0.1) is 6.04 Å². The van der Waals surface area contributed by atoms with E-state index in [9.17, 15) is 9.59 Å². The summed E-state index contributed by atoms with van der Waals surface area (Å²) in [6.45, 7) is 5.75. The third-order valence-corrected chi connectivity index (χ3v) is 4.42. The van der Waals surface area contributed by atoms with Gasteiger partial charge in [0, 0.05) is 18.2 Å². The molecule has 2 aromatic rings. The Morgan fingerprint density at radius 2 is 2.16 bits per heavy atom. The number of likely N-dealkylation sites (tertiary alicyclic amines) is 1.